The number of hydrogen-bond donors (Lipinski definition) is 1. The van der Waals surface area contributed by atoms with Crippen LogP contribution in [0.15, 0.2) is 30.3 Å². The minimum absolute atomic E-state index is 0.149. The van der Waals surface area contributed by atoms with Gasteiger partial charge in [0.25, 0.3) is 0 Å². The van der Waals surface area contributed by atoms with Crippen LogP contribution in [0.5, 0.6) is 5.88 Å². The van der Waals surface area contributed by atoms with Gasteiger partial charge in [0.1, 0.15) is 11.6 Å². The van der Waals surface area contributed by atoms with Crippen LogP contribution in [0, 0.1) is 5.82 Å². The van der Waals surface area contributed by atoms with Crippen LogP contribution in [0.4, 0.5) is 10.2 Å². The normalized spacial score (nSPS) is 11.4. The molecule has 0 amide bonds. The Morgan fingerprint density at radius 3 is 2.76 bits per heavy atom. The number of sulfonamides is 1. The minimum Gasteiger partial charge on any atom is -0.480 e. The van der Waals surface area contributed by atoms with E-state index in [9.17, 15) is 12.8 Å². The van der Waals surface area contributed by atoms with Crippen molar-refractivity contribution in [3.63, 3.8) is 0 Å². The van der Waals surface area contributed by atoms with Gasteiger partial charge in [0.15, 0.2) is 0 Å². The van der Waals surface area contributed by atoms with E-state index in [1.54, 1.807) is 19.2 Å². The van der Waals surface area contributed by atoms with E-state index in [-0.39, 0.29) is 18.0 Å². The van der Waals surface area contributed by atoms with Crippen LogP contribution < -0.4 is 9.46 Å². The molecule has 0 fully saturated rings. The van der Waals surface area contributed by atoms with E-state index in [4.69, 9.17) is 4.74 Å². The molecular weight excluding hydrogens is 297 g/mol. The number of nitrogens with zero attached hydrogens (tertiary/aromatic N) is 2. The molecule has 1 aromatic heterocycles. The van der Waals surface area contributed by atoms with Crippen molar-refractivity contribution in [2.45, 2.75) is 6.42 Å². The zero-order valence-electron chi connectivity index (χ0n) is 11.7. The maximum Gasteiger partial charge on any atom is 0.234 e. The van der Waals surface area contributed by atoms with E-state index in [0.29, 0.717) is 17.3 Å². The molecule has 2 rings (SSSR count). The highest BCUT2D eigenvalue weighted by Gasteiger charge is 2.14. The molecule has 114 valence electrons. The second kappa shape index (κ2) is 6.13. The molecule has 21 heavy (non-hydrogen) atoms. The van der Waals surface area contributed by atoms with Crippen molar-refractivity contribution in [3.8, 4) is 5.88 Å². The zero-order valence-corrected chi connectivity index (χ0v) is 12.5. The molecule has 0 aliphatic heterocycles. The number of aryl methyl sites for hydroxylation is 2. The molecule has 0 radical (unpaired) electrons. The van der Waals surface area contributed by atoms with Gasteiger partial charge in [-0.05, 0) is 24.1 Å². The molecule has 1 aromatic carbocycles. The van der Waals surface area contributed by atoms with Crippen LogP contribution in [0.25, 0.3) is 0 Å². The quantitative estimate of drug-likeness (QED) is 0.878. The molecule has 2 aromatic rings. The van der Waals surface area contributed by atoms with Gasteiger partial charge in [-0.3, -0.25) is 4.72 Å². The number of hydrogen-bond acceptors (Lipinski definition) is 4. The van der Waals surface area contributed by atoms with Crippen molar-refractivity contribution in [3.05, 3.63) is 41.7 Å². The molecule has 0 bridgehead atoms. The number of methoxy groups -OCH3 is 1. The van der Waals surface area contributed by atoms with Crippen molar-refractivity contribution in [2.75, 3.05) is 17.6 Å². The van der Waals surface area contributed by atoms with Gasteiger partial charge >= 0.3 is 0 Å². The van der Waals surface area contributed by atoms with Gasteiger partial charge in [-0.15, -0.1) is 5.10 Å². The fourth-order valence-electron chi connectivity index (χ4n) is 1.79. The molecular formula is C13H16FN3O3S. The molecule has 0 saturated heterocycles. The first-order valence-electron chi connectivity index (χ1n) is 6.22. The molecule has 1 heterocycles. The van der Waals surface area contributed by atoms with Crippen molar-refractivity contribution < 1.29 is 17.5 Å². The number of aromatic nitrogens is 2. The van der Waals surface area contributed by atoms with E-state index in [2.05, 4.69) is 9.82 Å². The number of anilines is 1. The summed E-state index contributed by atoms with van der Waals surface area (Å²) in [5, 5.41) is 3.96. The second-order valence-electron chi connectivity index (χ2n) is 4.50. The number of nitrogens with one attached hydrogen (secondary N) is 1. The third-order valence-electron chi connectivity index (χ3n) is 2.88. The average molecular weight is 313 g/mol. The molecule has 6 nitrogen and oxygen atoms in total. The fraction of sp³-hybridized carbons (Fsp3) is 0.308. The number of benzene rings is 1. The third kappa shape index (κ3) is 4.19. The van der Waals surface area contributed by atoms with E-state index in [1.165, 1.54) is 30.0 Å². The van der Waals surface area contributed by atoms with Gasteiger partial charge in [-0.2, -0.15) is 0 Å². The summed E-state index contributed by atoms with van der Waals surface area (Å²) in [6.45, 7) is 0. The van der Waals surface area contributed by atoms with Gasteiger partial charge in [0.2, 0.25) is 15.9 Å². The Kier molecular flexibility index (Phi) is 4.46. The smallest absolute Gasteiger partial charge is 0.234 e. The summed E-state index contributed by atoms with van der Waals surface area (Å²) in [6, 6.07) is 7.36. The summed E-state index contributed by atoms with van der Waals surface area (Å²) < 4.78 is 45.8. The summed E-state index contributed by atoms with van der Waals surface area (Å²) in [5.41, 5.74) is 0.628. The summed E-state index contributed by atoms with van der Waals surface area (Å²) in [7, 11) is -0.499. The largest absolute Gasteiger partial charge is 0.480 e. The monoisotopic (exact) mass is 313 g/mol. The predicted octanol–water partition coefficient (Wildman–Crippen LogP) is 1.55. The van der Waals surface area contributed by atoms with E-state index >= 15 is 0 Å². The molecule has 0 aliphatic rings. The van der Waals surface area contributed by atoms with Crippen molar-refractivity contribution in [1.82, 2.24) is 9.78 Å². The van der Waals surface area contributed by atoms with Gasteiger partial charge in [-0.25, -0.2) is 17.5 Å². The maximum absolute atomic E-state index is 13.0. The molecule has 0 atom stereocenters. The van der Waals surface area contributed by atoms with Gasteiger partial charge in [0.05, 0.1) is 12.9 Å². The maximum atomic E-state index is 13.0. The lowest BCUT2D eigenvalue weighted by molar-refractivity contribution is 0.392. The molecule has 0 saturated carbocycles. The first-order valence-corrected chi connectivity index (χ1v) is 7.88. The van der Waals surface area contributed by atoms with Gasteiger partial charge in [0, 0.05) is 13.1 Å². The highest BCUT2D eigenvalue weighted by atomic mass is 32.2. The lowest BCUT2D eigenvalue weighted by Crippen LogP contribution is -2.19. The van der Waals surface area contributed by atoms with Crippen molar-refractivity contribution in [2.24, 2.45) is 7.05 Å². The Bertz CT molecular complexity index is 728. The Morgan fingerprint density at radius 2 is 2.14 bits per heavy atom. The van der Waals surface area contributed by atoms with Crippen LogP contribution in [-0.2, 0) is 23.5 Å². The molecule has 1 N–H and O–H groups in total. The number of halogens is 1. The van der Waals surface area contributed by atoms with Gasteiger partial charge < -0.3 is 4.74 Å². The second-order valence-corrected chi connectivity index (χ2v) is 6.34. The Morgan fingerprint density at radius 1 is 1.38 bits per heavy atom. The first-order chi connectivity index (χ1) is 9.89. The topological polar surface area (TPSA) is 73.2 Å². The van der Waals surface area contributed by atoms with Crippen LogP contribution in [0.3, 0.4) is 0 Å². The van der Waals surface area contributed by atoms with Crippen molar-refractivity contribution in [1.29, 1.82) is 0 Å². The Balaban J connectivity index is 2.03. The van der Waals surface area contributed by atoms with Crippen LogP contribution >= 0.6 is 0 Å². The van der Waals surface area contributed by atoms with Crippen LogP contribution in [0.1, 0.15) is 5.56 Å². The summed E-state index contributed by atoms with van der Waals surface area (Å²) in [6.07, 6.45) is 0.224. The third-order valence-corrected chi connectivity index (χ3v) is 4.14. The fourth-order valence-corrected chi connectivity index (χ4v) is 2.91. The number of ether oxygens (including phenoxy) is 1. The predicted molar refractivity (Wildman–Crippen MR) is 77.3 cm³/mol. The summed E-state index contributed by atoms with van der Waals surface area (Å²) >= 11 is 0. The Hall–Kier alpha value is -2.09. The average Bonchev–Trinajstić information content (AvgIpc) is 2.77. The highest BCUT2D eigenvalue weighted by Crippen LogP contribution is 2.16. The highest BCUT2D eigenvalue weighted by molar-refractivity contribution is 7.92. The molecule has 0 spiro atoms. The standard InChI is InChI=1S/C13H16FN3O3S/c1-17-12(9-13(15-17)20-2)16-21(18,19)7-6-10-4-3-5-11(14)8-10/h3-5,8-9,16H,6-7H2,1-2H3. The van der Waals surface area contributed by atoms with E-state index in [1.807, 2.05) is 0 Å². The van der Waals surface area contributed by atoms with Crippen LogP contribution in [0.2, 0.25) is 0 Å². The molecule has 8 heteroatoms. The Labute approximate surface area is 122 Å². The molecule has 0 unspecified atom stereocenters. The molecule has 0 aliphatic carbocycles. The van der Waals surface area contributed by atoms with Crippen molar-refractivity contribution >= 4 is 15.8 Å². The van der Waals surface area contributed by atoms with Gasteiger partial charge in [-0.1, -0.05) is 12.1 Å². The van der Waals surface area contributed by atoms with E-state index in [0.717, 1.165) is 0 Å². The lowest BCUT2D eigenvalue weighted by atomic mass is 10.2. The minimum atomic E-state index is -3.55. The SMILES string of the molecule is COc1cc(NS(=O)(=O)CCc2cccc(F)c2)n(C)n1. The summed E-state index contributed by atoms with van der Waals surface area (Å²) in [4.78, 5) is 0. The summed E-state index contributed by atoms with van der Waals surface area (Å²) in [5.74, 6) is 0.102. The van der Waals surface area contributed by atoms with Crippen LogP contribution in [-0.4, -0.2) is 31.1 Å². The lowest BCUT2D eigenvalue weighted by Gasteiger charge is -2.07. The first kappa shape index (κ1) is 15.3. The zero-order chi connectivity index (χ0) is 15.5. The van der Waals surface area contributed by atoms with E-state index < -0.39 is 10.0 Å². The number of rotatable bonds is 6.